The first-order chi connectivity index (χ1) is 11.7. The lowest BCUT2D eigenvalue weighted by Crippen LogP contribution is -2.47. The van der Waals surface area contributed by atoms with Gasteiger partial charge in [0.05, 0.1) is 0 Å². The number of hydrogen-bond donors (Lipinski definition) is 1. The fraction of sp³-hybridized carbons (Fsp3) is 0.722. The van der Waals surface area contributed by atoms with E-state index in [1.54, 1.807) is 11.3 Å². The Hall–Kier alpha value is -0.950. The van der Waals surface area contributed by atoms with Crippen molar-refractivity contribution in [3.8, 4) is 0 Å². The largest absolute Gasteiger partial charge is 0.396 e. The third-order valence-electron chi connectivity index (χ3n) is 5.42. The minimum Gasteiger partial charge on any atom is -0.396 e. The molecular formula is C18H29N3O2S. The van der Waals surface area contributed by atoms with Gasteiger partial charge in [0.2, 0.25) is 5.91 Å². The van der Waals surface area contributed by atoms with Crippen LogP contribution in [0.5, 0.6) is 0 Å². The zero-order valence-corrected chi connectivity index (χ0v) is 15.4. The maximum Gasteiger partial charge on any atom is 0.222 e. The molecule has 2 aliphatic rings. The molecule has 1 aromatic heterocycles. The molecule has 1 aromatic rings. The number of nitrogens with zero attached hydrogens (tertiary/aromatic N) is 3. The molecular weight excluding hydrogens is 322 g/mol. The first-order valence-electron chi connectivity index (χ1n) is 8.97. The van der Waals surface area contributed by atoms with Gasteiger partial charge in [-0.2, -0.15) is 0 Å². The smallest absolute Gasteiger partial charge is 0.222 e. The Balaban J connectivity index is 1.48. The van der Waals surface area contributed by atoms with Gasteiger partial charge in [-0.15, -0.1) is 11.3 Å². The molecule has 2 unspecified atom stereocenters. The molecule has 0 aromatic carbocycles. The van der Waals surface area contributed by atoms with Crippen molar-refractivity contribution in [3.05, 3.63) is 22.4 Å². The van der Waals surface area contributed by atoms with Gasteiger partial charge in [-0.25, -0.2) is 0 Å². The van der Waals surface area contributed by atoms with Gasteiger partial charge in [0.15, 0.2) is 0 Å². The average Bonchev–Trinajstić information content (AvgIpc) is 3.24. The number of aryl methyl sites for hydroxylation is 1. The number of aliphatic hydroxyl groups is 1. The van der Waals surface area contributed by atoms with Gasteiger partial charge >= 0.3 is 0 Å². The van der Waals surface area contributed by atoms with Gasteiger partial charge in [0.1, 0.15) is 0 Å². The molecule has 2 atom stereocenters. The van der Waals surface area contributed by atoms with Crippen LogP contribution in [0.4, 0.5) is 0 Å². The molecule has 2 fully saturated rings. The number of carbonyl (C=O) groups is 1. The van der Waals surface area contributed by atoms with Crippen LogP contribution in [0, 0.1) is 11.8 Å². The number of rotatable bonds is 6. The molecule has 1 amide bonds. The van der Waals surface area contributed by atoms with Gasteiger partial charge < -0.3 is 19.8 Å². The molecule has 0 spiro atoms. The second kappa shape index (κ2) is 8.43. The number of carbonyl (C=O) groups excluding carboxylic acids is 1. The van der Waals surface area contributed by atoms with Gasteiger partial charge in [0, 0.05) is 69.6 Å². The molecule has 2 aliphatic heterocycles. The van der Waals surface area contributed by atoms with Crippen molar-refractivity contribution in [2.24, 2.45) is 11.8 Å². The summed E-state index contributed by atoms with van der Waals surface area (Å²) in [5.74, 6) is 0.877. The molecule has 1 N–H and O–H groups in total. The quantitative estimate of drug-likeness (QED) is 0.830. The van der Waals surface area contributed by atoms with Crippen molar-refractivity contribution in [2.45, 2.75) is 12.8 Å². The molecule has 6 heteroatoms. The van der Waals surface area contributed by atoms with E-state index in [0.717, 1.165) is 52.2 Å². The van der Waals surface area contributed by atoms with Gasteiger partial charge in [-0.1, -0.05) is 6.07 Å². The average molecular weight is 352 g/mol. The topological polar surface area (TPSA) is 47.0 Å². The zero-order chi connectivity index (χ0) is 16.9. The van der Waals surface area contributed by atoms with Crippen molar-refractivity contribution < 1.29 is 9.90 Å². The predicted octanol–water partition coefficient (Wildman–Crippen LogP) is 0.995. The van der Waals surface area contributed by atoms with Crippen molar-refractivity contribution in [1.29, 1.82) is 0 Å². The maximum absolute atomic E-state index is 12.5. The van der Waals surface area contributed by atoms with Gasteiger partial charge in [-0.05, 0) is 30.8 Å². The van der Waals surface area contributed by atoms with Gasteiger partial charge in [-0.3, -0.25) is 4.79 Å². The Kier molecular flexibility index (Phi) is 6.27. The summed E-state index contributed by atoms with van der Waals surface area (Å²) in [5, 5.41) is 11.8. The standard InChI is InChI=1S/C18H29N3O2S/c1-19-6-8-20(9-7-19)11-15-12-21(13-16(15)14-22)18(23)5-4-17-3-2-10-24-17/h2-3,10,15-16,22H,4-9,11-14H2,1H3. The summed E-state index contributed by atoms with van der Waals surface area (Å²) in [6.07, 6.45) is 1.42. The highest BCUT2D eigenvalue weighted by Crippen LogP contribution is 2.25. The van der Waals surface area contributed by atoms with Crippen LogP contribution in [0.1, 0.15) is 11.3 Å². The zero-order valence-electron chi connectivity index (χ0n) is 14.6. The van der Waals surface area contributed by atoms with E-state index in [2.05, 4.69) is 28.3 Å². The minimum atomic E-state index is 0.188. The number of hydrogen-bond acceptors (Lipinski definition) is 5. The van der Waals surface area contributed by atoms with Crippen molar-refractivity contribution >= 4 is 17.2 Å². The molecule has 134 valence electrons. The summed E-state index contributed by atoms with van der Waals surface area (Å²) >= 11 is 1.72. The van der Waals surface area contributed by atoms with E-state index in [1.807, 2.05) is 11.0 Å². The molecule has 0 saturated carbocycles. The summed E-state index contributed by atoms with van der Waals surface area (Å²) in [7, 11) is 2.16. The van der Waals surface area contributed by atoms with E-state index in [1.165, 1.54) is 4.88 Å². The fourth-order valence-corrected chi connectivity index (χ4v) is 4.47. The fourth-order valence-electron chi connectivity index (χ4n) is 3.76. The molecule has 24 heavy (non-hydrogen) atoms. The third kappa shape index (κ3) is 4.57. The Labute approximate surface area is 148 Å². The summed E-state index contributed by atoms with van der Waals surface area (Å²) in [4.78, 5) is 20.6. The Morgan fingerprint density at radius 1 is 1.25 bits per heavy atom. The van der Waals surface area contributed by atoms with E-state index < -0.39 is 0 Å². The van der Waals surface area contributed by atoms with Crippen molar-refractivity contribution in [2.75, 3.05) is 59.5 Å². The van der Waals surface area contributed by atoms with E-state index in [-0.39, 0.29) is 18.4 Å². The number of likely N-dealkylation sites (N-methyl/N-ethyl adjacent to an activating group) is 1. The molecule has 0 radical (unpaired) electrons. The van der Waals surface area contributed by atoms with Gasteiger partial charge in [0.25, 0.3) is 0 Å². The minimum absolute atomic E-state index is 0.188. The second-order valence-electron chi connectivity index (χ2n) is 7.18. The van der Waals surface area contributed by atoms with Crippen LogP contribution in [0.3, 0.4) is 0 Å². The molecule has 5 nitrogen and oxygen atoms in total. The number of aliphatic hydroxyl groups excluding tert-OH is 1. The van der Waals surface area contributed by atoms with Crippen LogP contribution in [0.15, 0.2) is 17.5 Å². The summed E-state index contributed by atoms with van der Waals surface area (Å²) in [6, 6.07) is 4.13. The van der Waals surface area contributed by atoms with E-state index in [4.69, 9.17) is 0 Å². The van der Waals surface area contributed by atoms with Crippen LogP contribution >= 0.6 is 11.3 Å². The summed E-state index contributed by atoms with van der Waals surface area (Å²) < 4.78 is 0. The van der Waals surface area contributed by atoms with Crippen molar-refractivity contribution in [3.63, 3.8) is 0 Å². The lowest BCUT2D eigenvalue weighted by molar-refractivity contribution is -0.130. The highest BCUT2D eigenvalue weighted by molar-refractivity contribution is 7.09. The molecule has 0 aliphatic carbocycles. The SMILES string of the molecule is CN1CCN(CC2CN(C(=O)CCc3cccs3)CC2CO)CC1. The first-order valence-corrected chi connectivity index (χ1v) is 9.85. The highest BCUT2D eigenvalue weighted by atomic mass is 32.1. The normalized spacial score (nSPS) is 26.2. The van der Waals surface area contributed by atoms with E-state index >= 15 is 0 Å². The van der Waals surface area contributed by atoms with Crippen LogP contribution in [0.25, 0.3) is 0 Å². The molecule has 3 heterocycles. The van der Waals surface area contributed by atoms with Crippen LogP contribution < -0.4 is 0 Å². The van der Waals surface area contributed by atoms with Crippen LogP contribution in [-0.2, 0) is 11.2 Å². The first kappa shape index (κ1) is 17.9. The van der Waals surface area contributed by atoms with Crippen LogP contribution in [-0.4, -0.2) is 85.2 Å². The lowest BCUT2D eigenvalue weighted by atomic mass is 9.96. The number of amides is 1. The summed E-state index contributed by atoms with van der Waals surface area (Å²) in [6.45, 7) is 7.13. The molecule has 2 saturated heterocycles. The van der Waals surface area contributed by atoms with E-state index in [9.17, 15) is 9.90 Å². The van der Waals surface area contributed by atoms with E-state index in [0.29, 0.717) is 12.3 Å². The Morgan fingerprint density at radius 3 is 2.67 bits per heavy atom. The number of piperazine rings is 1. The molecule has 3 rings (SSSR count). The maximum atomic E-state index is 12.5. The Morgan fingerprint density at radius 2 is 2.00 bits per heavy atom. The predicted molar refractivity (Wildman–Crippen MR) is 97.2 cm³/mol. The second-order valence-corrected chi connectivity index (χ2v) is 8.22. The van der Waals surface area contributed by atoms with Crippen LogP contribution in [0.2, 0.25) is 0 Å². The Bertz CT molecular complexity index is 514. The third-order valence-corrected chi connectivity index (χ3v) is 6.35. The summed E-state index contributed by atoms with van der Waals surface area (Å²) in [5.41, 5.74) is 0. The lowest BCUT2D eigenvalue weighted by Gasteiger charge is -2.34. The highest BCUT2D eigenvalue weighted by Gasteiger charge is 2.35. The number of thiophene rings is 1. The monoisotopic (exact) mass is 351 g/mol. The van der Waals surface area contributed by atoms with Crippen molar-refractivity contribution in [1.82, 2.24) is 14.7 Å². The molecule has 0 bridgehead atoms. The number of likely N-dealkylation sites (tertiary alicyclic amines) is 1.